The summed E-state index contributed by atoms with van der Waals surface area (Å²) in [5.74, 6) is 6.67. The maximum absolute atomic E-state index is 3.53. The number of benzene rings is 2. The molecule has 1 heteroatoms. The van der Waals surface area contributed by atoms with Gasteiger partial charge in [-0.2, -0.15) is 0 Å². The Labute approximate surface area is 129 Å². The molecule has 0 bridgehead atoms. The van der Waals surface area contributed by atoms with Gasteiger partial charge in [0.15, 0.2) is 0 Å². The Morgan fingerprint density at radius 3 is 1.38 bits per heavy atom. The highest BCUT2D eigenvalue weighted by Crippen LogP contribution is 2.14. The van der Waals surface area contributed by atoms with Gasteiger partial charge in [-0.3, -0.25) is 0 Å². The fourth-order valence-electron chi connectivity index (χ4n) is 2.06. The Bertz CT molecular complexity index is 615. The summed E-state index contributed by atoms with van der Waals surface area (Å²) in [7, 11) is -1.83. The van der Waals surface area contributed by atoms with Gasteiger partial charge in [0, 0.05) is 11.1 Å². The minimum Gasteiger partial charge on any atom is -0.110 e. The first-order chi connectivity index (χ1) is 10.3. The van der Waals surface area contributed by atoms with E-state index in [1.54, 1.807) is 0 Å². The van der Waals surface area contributed by atoms with Crippen molar-refractivity contribution in [3.8, 4) is 22.9 Å². The second-order valence-corrected chi connectivity index (χ2v) is 9.10. The van der Waals surface area contributed by atoms with E-state index in [2.05, 4.69) is 61.0 Å². The van der Waals surface area contributed by atoms with E-state index in [4.69, 9.17) is 0 Å². The summed E-state index contributed by atoms with van der Waals surface area (Å²) in [4.78, 5) is 0. The van der Waals surface area contributed by atoms with Crippen LogP contribution < -0.4 is 0 Å². The second kappa shape index (κ2) is 7.53. The van der Waals surface area contributed by atoms with E-state index in [0.717, 1.165) is 23.2 Å². The molecule has 0 atom stereocenters. The highest BCUT2D eigenvalue weighted by molar-refractivity contribution is 6.94. The quantitative estimate of drug-likeness (QED) is 0.557. The monoisotopic (exact) mass is 288 g/mol. The van der Waals surface area contributed by atoms with Crippen molar-refractivity contribution in [3.05, 3.63) is 71.8 Å². The first-order valence-electron chi connectivity index (χ1n) is 7.44. The van der Waals surface area contributed by atoms with E-state index >= 15 is 0 Å². The summed E-state index contributed by atoms with van der Waals surface area (Å²) in [6.07, 6.45) is 0. The minimum absolute atomic E-state index is 1.07. The van der Waals surface area contributed by atoms with E-state index in [-0.39, 0.29) is 0 Å². The molecule has 0 amide bonds. The third kappa shape index (κ3) is 4.38. The van der Waals surface area contributed by atoms with Crippen LogP contribution >= 0.6 is 0 Å². The molecule has 0 nitrogen and oxygen atoms in total. The second-order valence-electron chi connectivity index (χ2n) is 5.02. The predicted octanol–water partition coefficient (Wildman–Crippen LogP) is 4.66. The molecule has 0 fully saturated rings. The first-order valence-corrected chi connectivity index (χ1v) is 9.86. The van der Waals surface area contributed by atoms with Crippen LogP contribution in [0.15, 0.2) is 60.7 Å². The molecular weight excluding hydrogens is 268 g/mol. The number of rotatable bonds is 2. The molecule has 0 spiro atoms. The third-order valence-electron chi connectivity index (χ3n) is 3.65. The molecule has 0 aliphatic rings. The standard InChI is InChI=1S/C20H20Si/c1-3-21(4-2,17-15-19-11-7-5-8-12-19)18-16-20-13-9-6-10-14-20/h5-14H,3-4H2,1-2H3. The minimum atomic E-state index is -1.83. The molecule has 2 aromatic carbocycles. The van der Waals surface area contributed by atoms with Gasteiger partial charge in [-0.1, -0.05) is 62.1 Å². The number of hydrogen-bond acceptors (Lipinski definition) is 0. The lowest BCUT2D eigenvalue weighted by atomic mass is 10.2. The normalized spacial score (nSPS) is 10.0. The Kier molecular flexibility index (Phi) is 5.44. The third-order valence-corrected chi connectivity index (χ3v) is 7.27. The predicted molar refractivity (Wildman–Crippen MR) is 93.4 cm³/mol. The molecule has 0 unspecified atom stereocenters. The fourth-order valence-corrected chi connectivity index (χ4v) is 4.10. The van der Waals surface area contributed by atoms with Crippen molar-refractivity contribution in [2.75, 3.05) is 0 Å². The summed E-state index contributed by atoms with van der Waals surface area (Å²) < 4.78 is 0. The van der Waals surface area contributed by atoms with Crippen molar-refractivity contribution in [1.29, 1.82) is 0 Å². The maximum Gasteiger partial charge on any atom is 0.217 e. The van der Waals surface area contributed by atoms with Crippen molar-refractivity contribution in [3.63, 3.8) is 0 Å². The van der Waals surface area contributed by atoms with E-state index in [1.807, 2.05) is 36.4 Å². The molecule has 0 aliphatic heterocycles. The van der Waals surface area contributed by atoms with Crippen LogP contribution in [-0.2, 0) is 0 Å². The Balaban J connectivity index is 2.30. The molecule has 0 radical (unpaired) electrons. The summed E-state index contributed by atoms with van der Waals surface area (Å²) in [6, 6.07) is 22.5. The highest BCUT2D eigenvalue weighted by Gasteiger charge is 2.24. The Morgan fingerprint density at radius 2 is 1.05 bits per heavy atom. The fraction of sp³-hybridized carbons (Fsp3) is 0.200. The topological polar surface area (TPSA) is 0 Å². The molecule has 0 saturated heterocycles. The van der Waals surface area contributed by atoms with E-state index in [0.29, 0.717) is 0 Å². The van der Waals surface area contributed by atoms with Gasteiger partial charge in [0.1, 0.15) is 0 Å². The van der Waals surface area contributed by atoms with Gasteiger partial charge in [-0.15, -0.1) is 11.1 Å². The van der Waals surface area contributed by atoms with E-state index in [1.165, 1.54) is 0 Å². The molecular formula is C20H20Si. The van der Waals surface area contributed by atoms with Crippen LogP contribution in [0.5, 0.6) is 0 Å². The molecule has 2 aromatic rings. The molecule has 21 heavy (non-hydrogen) atoms. The lowest BCUT2D eigenvalue weighted by Gasteiger charge is -2.14. The first kappa shape index (κ1) is 15.2. The van der Waals surface area contributed by atoms with E-state index in [9.17, 15) is 0 Å². The zero-order valence-electron chi connectivity index (χ0n) is 12.7. The zero-order chi connectivity index (χ0) is 15.0. The smallest absolute Gasteiger partial charge is 0.110 e. The molecule has 0 aliphatic carbocycles. The lowest BCUT2D eigenvalue weighted by Crippen LogP contribution is -2.29. The summed E-state index contributed by atoms with van der Waals surface area (Å²) in [6.45, 7) is 4.43. The SMILES string of the molecule is CC[Si](C#Cc1ccccc1)(C#Cc1ccccc1)CC. The van der Waals surface area contributed by atoms with Gasteiger partial charge in [-0.25, -0.2) is 0 Å². The van der Waals surface area contributed by atoms with E-state index < -0.39 is 8.07 Å². The molecule has 2 rings (SSSR count). The molecule has 104 valence electrons. The summed E-state index contributed by atoms with van der Waals surface area (Å²) in [5, 5.41) is 0. The van der Waals surface area contributed by atoms with Gasteiger partial charge < -0.3 is 0 Å². The molecule has 0 saturated carbocycles. The average Bonchev–Trinajstić information content (AvgIpc) is 2.58. The number of hydrogen-bond donors (Lipinski definition) is 0. The van der Waals surface area contributed by atoms with Crippen LogP contribution in [0.4, 0.5) is 0 Å². The van der Waals surface area contributed by atoms with Gasteiger partial charge in [-0.05, 0) is 36.4 Å². The molecule has 0 N–H and O–H groups in total. The van der Waals surface area contributed by atoms with Gasteiger partial charge in [0.2, 0.25) is 8.07 Å². The van der Waals surface area contributed by atoms with Gasteiger partial charge >= 0.3 is 0 Å². The van der Waals surface area contributed by atoms with Crippen molar-refractivity contribution in [2.24, 2.45) is 0 Å². The van der Waals surface area contributed by atoms with Crippen molar-refractivity contribution < 1.29 is 0 Å². The van der Waals surface area contributed by atoms with Crippen LogP contribution in [0.3, 0.4) is 0 Å². The van der Waals surface area contributed by atoms with Crippen LogP contribution in [-0.4, -0.2) is 8.07 Å². The molecule has 0 heterocycles. The van der Waals surface area contributed by atoms with Crippen LogP contribution in [0.25, 0.3) is 0 Å². The van der Waals surface area contributed by atoms with Gasteiger partial charge in [0.25, 0.3) is 0 Å². The Morgan fingerprint density at radius 1 is 0.667 bits per heavy atom. The summed E-state index contributed by atoms with van der Waals surface area (Å²) in [5.41, 5.74) is 9.23. The Hall–Kier alpha value is -2.22. The van der Waals surface area contributed by atoms with Crippen molar-refractivity contribution >= 4 is 8.07 Å². The van der Waals surface area contributed by atoms with Gasteiger partial charge in [0.05, 0.1) is 0 Å². The van der Waals surface area contributed by atoms with Crippen LogP contribution in [0.1, 0.15) is 25.0 Å². The zero-order valence-corrected chi connectivity index (χ0v) is 13.7. The van der Waals surface area contributed by atoms with Crippen molar-refractivity contribution in [1.82, 2.24) is 0 Å². The highest BCUT2D eigenvalue weighted by atomic mass is 28.3. The lowest BCUT2D eigenvalue weighted by molar-refractivity contribution is 1.31. The largest absolute Gasteiger partial charge is 0.217 e. The van der Waals surface area contributed by atoms with Crippen molar-refractivity contribution in [2.45, 2.75) is 25.9 Å². The maximum atomic E-state index is 3.53. The average molecular weight is 288 g/mol. The van der Waals surface area contributed by atoms with Crippen LogP contribution in [0, 0.1) is 22.9 Å². The summed E-state index contributed by atoms with van der Waals surface area (Å²) >= 11 is 0. The van der Waals surface area contributed by atoms with Crippen LogP contribution in [0.2, 0.25) is 12.1 Å². The molecule has 0 aromatic heterocycles.